The van der Waals surface area contributed by atoms with Gasteiger partial charge in [0.25, 0.3) is 0 Å². The molecule has 3 aromatic heterocycles. The standard InChI is InChI=1S/C14H14N6OS2/c1-8-5-9(2)17-12(16-8)20-14-18-10(7-23-14)6-11(21)19-13-15-3-4-22-13/h3-5,7H,6H2,1-2H3,(H,15,19,21)(H,16,17,18,20). The van der Waals surface area contributed by atoms with Crippen molar-refractivity contribution >= 4 is 44.8 Å². The van der Waals surface area contributed by atoms with Gasteiger partial charge in [0.05, 0.1) is 12.1 Å². The van der Waals surface area contributed by atoms with Crippen LogP contribution in [0.4, 0.5) is 16.2 Å². The SMILES string of the molecule is Cc1cc(C)nc(Nc2nc(CC(=O)Nc3nccs3)cs2)n1. The molecular weight excluding hydrogens is 332 g/mol. The summed E-state index contributed by atoms with van der Waals surface area (Å²) in [5.41, 5.74) is 2.47. The average molecular weight is 346 g/mol. The smallest absolute Gasteiger partial charge is 0.232 e. The van der Waals surface area contributed by atoms with Crippen LogP contribution in [0.15, 0.2) is 23.0 Å². The Kier molecular flexibility index (Phi) is 4.58. The number of thiazole rings is 2. The quantitative estimate of drug-likeness (QED) is 0.738. The number of hydrogen-bond acceptors (Lipinski definition) is 8. The van der Waals surface area contributed by atoms with Crippen LogP contribution in [0.1, 0.15) is 17.1 Å². The van der Waals surface area contributed by atoms with Gasteiger partial charge in [0, 0.05) is 28.3 Å². The summed E-state index contributed by atoms with van der Waals surface area (Å²) in [5.74, 6) is 0.370. The molecule has 0 aliphatic heterocycles. The second-order valence-corrected chi connectivity index (χ2v) is 6.56. The molecule has 7 nitrogen and oxygen atoms in total. The van der Waals surface area contributed by atoms with E-state index in [0.29, 0.717) is 21.9 Å². The molecule has 2 N–H and O–H groups in total. The number of hydrogen-bond donors (Lipinski definition) is 2. The first kappa shape index (κ1) is 15.5. The van der Waals surface area contributed by atoms with E-state index in [1.807, 2.05) is 30.7 Å². The molecule has 0 fully saturated rings. The van der Waals surface area contributed by atoms with Crippen LogP contribution >= 0.6 is 22.7 Å². The van der Waals surface area contributed by atoms with Crippen LogP contribution in [0.25, 0.3) is 0 Å². The predicted octanol–water partition coefficient (Wildman–Crippen LogP) is 2.93. The van der Waals surface area contributed by atoms with Gasteiger partial charge in [-0.05, 0) is 19.9 Å². The van der Waals surface area contributed by atoms with Crippen molar-refractivity contribution in [2.24, 2.45) is 0 Å². The number of rotatable bonds is 5. The van der Waals surface area contributed by atoms with Crippen molar-refractivity contribution in [3.63, 3.8) is 0 Å². The first-order valence-corrected chi connectivity index (χ1v) is 8.57. The first-order valence-electron chi connectivity index (χ1n) is 6.81. The molecule has 0 bridgehead atoms. The largest absolute Gasteiger partial charge is 0.302 e. The van der Waals surface area contributed by atoms with Crippen molar-refractivity contribution in [2.45, 2.75) is 20.3 Å². The van der Waals surface area contributed by atoms with Gasteiger partial charge in [-0.2, -0.15) is 0 Å². The van der Waals surface area contributed by atoms with E-state index < -0.39 is 0 Å². The predicted molar refractivity (Wildman–Crippen MR) is 91.4 cm³/mol. The molecule has 3 aromatic rings. The van der Waals surface area contributed by atoms with Crippen molar-refractivity contribution in [2.75, 3.05) is 10.6 Å². The van der Waals surface area contributed by atoms with Crippen molar-refractivity contribution in [3.05, 3.63) is 40.1 Å². The maximum atomic E-state index is 11.9. The van der Waals surface area contributed by atoms with Crippen LogP contribution in [0, 0.1) is 13.8 Å². The molecule has 0 saturated carbocycles. The Morgan fingerprint density at radius 1 is 1.13 bits per heavy atom. The lowest BCUT2D eigenvalue weighted by atomic mass is 10.3. The summed E-state index contributed by atoms with van der Waals surface area (Å²) in [4.78, 5) is 28.9. The number of anilines is 3. The molecular formula is C14H14N6OS2. The number of nitrogens with zero attached hydrogens (tertiary/aromatic N) is 4. The fourth-order valence-electron chi connectivity index (χ4n) is 1.94. The van der Waals surface area contributed by atoms with Gasteiger partial charge in [0.1, 0.15) is 0 Å². The van der Waals surface area contributed by atoms with Crippen molar-refractivity contribution in [1.82, 2.24) is 19.9 Å². The molecule has 9 heteroatoms. The van der Waals surface area contributed by atoms with Gasteiger partial charge >= 0.3 is 0 Å². The summed E-state index contributed by atoms with van der Waals surface area (Å²) in [6, 6.07) is 1.90. The lowest BCUT2D eigenvalue weighted by Crippen LogP contribution is -2.14. The molecule has 0 saturated heterocycles. The fraction of sp³-hybridized carbons (Fsp3) is 0.214. The van der Waals surface area contributed by atoms with Crippen LogP contribution in [-0.2, 0) is 11.2 Å². The van der Waals surface area contributed by atoms with E-state index in [4.69, 9.17) is 0 Å². The minimum atomic E-state index is -0.139. The van der Waals surface area contributed by atoms with Crippen molar-refractivity contribution in [3.8, 4) is 0 Å². The molecule has 0 unspecified atom stereocenters. The number of aromatic nitrogens is 4. The molecule has 1 amide bonds. The van der Waals surface area contributed by atoms with E-state index in [1.54, 1.807) is 6.20 Å². The van der Waals surface area contributed by atoms with Crippen LogP contribution in [0.3, 0.4) is 0 Å². The van der Waals surface area contributed by atoms with Crippen molar-refractivity contribution in [1.29, 1.82) is 0 Å². The van der Waals surface area contributed by atoms with E-state index in [0.717, 1.165) is 11.4 Å². The highest BCUT2D eigenvalue weighted by Crippen LogP contribution is 2.20. The van der Waals surface area contributed by atoms with E-state index in [9.17, 15) is 4.79 Å². The summed E-state index contributed by atoms with van der Waals surface area (Å²) in [7, 11) is 0. The number of amides is 1. The normalized spacial score (nSPS) is 10.5. The molecule has 0 aromatic carbocycles. The zero-order chi connectivity index (χ0) is 16.2. The minimum Gasteiger partial charge on any atom is -0.302 e. The lowest BCUT2D eigenvalue weighted by Gasteiger charge is -2.03. The summed E-state index contributed by atoms with van der Waals surface area (Å²) in [6.45, 7) is 3.83. The highest BCUT2D eigenvalue weighted by molar-refractivity contribution is 7.14. The summed E-state index contributed by atoms with van der Waals surface area (Å²) in [5, 5.41) is 10.7. The molecule has 3 heterocycles. The summed E-state index contributed by atoms with van der Waals surface area (Å²) in [6.07, 6.45) is 1.85. The van der Waals surface area contributed by atoms with Gasteiger partial charge in [0.2, 0.25) is 11.9 Å². The molecule has 23 heavy (non-hydrogen) atoms. The van der Waals surface area contributed by atoms with Crippen LogP contribution in [0.2, 0.25) is 0 Å². The van der Waals surface area contributed by atoms with Crippen LogP contribution < -0.4 is 10.6 Å². The van der Waals surface area contributed by atoms with Gasteiger partial charge < -0.3 is 10.6 Å². The second kappa shape index (κ2) is 6.80. The van der Waals surface area contributed by atoms with Gasteiger partial charge in [0.15, 0.2) is 10.3 Å². The highest BCUT2D eigenvalue weighted by atomic mass is 32.1. The summed E-state index contributed by atoms with van der Waals surface area (Å²) >= 11 is 2.79. The molecule has 3 rings (SSSR count). The minimum absolute atomic E-state index is 0.139. The maximum Gasteiger partial charge on any atom is 0.232 e. The maximum absolute atomic E-state index is 11.9. The van der Waals surface area contributed by atoms with Crippen LogP contribution in [-0.4, -0.2) is 25.8 Å². The zero-order valence-corrected chi connectivity index (χ0v) is 14.2. The number of carbonyl (C=O) groups excluding carboxylic acids is 1. The van der Waals surface area contributed by atoms with Gasteiger partial charge in [-0.25, -0.2) is 19.9 Å². The average Bonchev–Trinajstić information content (AvgIpc) is 3.10. The molecule has 0 aliphatic rings. The first-order chi connectivity index (χ1) is 11.1. The molecule has 0 aliphatic carbocycles. The number of aryl methyl sites for hydroxylation is 2. The fourth-order valence-corrected chi connectivity index (χ4v) is 3.19. The Bertz CT molecular complexity index is 794. The van der Waals surface area contributed by atoms with Gasteiger partial charge in [-0.1, -0.05) is 0 Å². The monoisotopic (exact) mass is 346 g/mol. The van der Waals surface area contributed by atoms with Crippen LogP contribution in [0.5, 0.6) is 0 Å². The Morgan fingerprint density at radius 3 is 2.61 bits per heavy atom. The Morgan fingerprint density at radius 2 is 1.91 bits per heavy atom. The molecule has 0 atom stereocenters. The molecule has 0 spiro atoms. The molecule has 0 radical (unpaired) electrons. The van der Waals surface area contributed by atoms with Gasteiger partial charge in [-0.15, -0.1) is 22.7 Å². The molecule has 118 valence electrons. The third-order valence-corrected chi connectivity index (χ3v) is 4.27. The third kappa shape index (κ3) is 4.30. The van der Waals surface area contributed by atoms with Gasteiger partial charge in [-0.3, -0.25) is 4.79 Å². The summed E-state index contributed by atoms with van der Waals surface area (Å²) < 4.78 is 0. The van der Waals surface area contributed by atoms with E-state index >= 15 is 0 Å². The zero-order valence-electron chi connectivity index (χ0n) is 12.5. The van der Waals surface area contributed by atoms with E-state index in [1.165, 1.54) is 22.7 Å². The number of carbonyl (C=O) groups is 1. The Hall–Kier alpha value is -2.39. The Labute approximate surface area is 140 Å². The third-order valence-electron chi connectivity index (χ3n) is 2.77. The lowest BCUT2D eigenvalue weighted by molar-refractivity contribution is -0.115. The topological polar surface area (TPSA) is 92.7 Å². The van der Waals surface area contributed by atoms with E-state index in [-0.39, 0.29) is 12.3 Å². The number of nitrogens with one attached hydrogen (secondary N) is 2. The van der Waals surface area contributed by atoms with E-state index in [2.05, 4.69) is 30.6 Å². The highest BCUT2D eigenvalue weighted by Gasteiger charge is 2.10. The Balaban J connectivity index is 1.62. The van der Waals surface area contributed by atoms with Crippen molar-refractivity contribution < 1.29 is 4.79 Å². The second-order valence-electron chi connectivity index (χ2n) is 4.81.